The number of halogens is 6. The van der Waals surface area contributed by atoms with Gasteiger partial charge in [-0.25, -0.2) is 13.6 Å². The summed E-state index contributed by atoms with van der Waals surface area (Å²) in [6.07, 6.45) is -8.32. The molecule has 3 aromatic rings. The van der Waals surface area contributed by atoms with Crippen molar-refractivity contribution >= 4 is 11.8 Å². The van der Waals surface area contributed by atoms with Crippen LogP contribution in [0.4, 0.5) is 31.1 Å². The molecule has 2 amide bonds. The second-order valence-corrected chi connectivity index (χ2v) is 9.79. The van der Waals surface area contributed by atoms with Crippen LogP contribution in [-0.4, -0.2) is 30.4 Å². The van der Waals surface area contributed by atoms with Crippen LogP contribution < -0.4 is 15.4 Å². The van der Waals surface area contributed by atoms with E-state index in [9.17, 15) is 35.9 Å². The highest BCUT2D eigenvalue weighted by Crippen LogP contribution is 2.38. The molecule has 5 nitrogen and oxygen atoms in total. The fourth-order valence-electron chi connectivity index (χ4n) is 4.75. The van der Waals surface area contributed by atoms with Gasteiger partial charge in [0.15, 0.2) is 0 Å². The Kier molecular flexibility index (Phi) is 8.41. The highest BCUT2D eigenvalue weighted by molar-refractivity contribution is 5.81. The number of carbonyl (C=O) groups excluding carboxylic acids is 2. The number of hydrogen-bond donors (Lipinski definition) is 2. The second-order valence-electron chi connectivity index (χ2n) is 9.79. The van der Waals surface area contributed by atoms with Gasteiger partial charge in [-0.3, -0.25) is 4.79 Å². The minimum absolute atomic E-state index is 0.00363. The van der Waals surface area contributed by atoms with Crippen LogP contribution in [0.3, 0.4) is 0 Å². The minimum Gasteiger partial charge on any atom is -0.428 e. The van der Waals surface area contributed by atoms with Crippen molar-refractivity contribution in [2.24, 2.45) is 5.92 Å². The number of ether oxygens (including phenoxy) is 1. The largest absolute Gasteiger partial charge is 0.461 e. The van der Waals surface area contributed by atoms with Gasteiger partial charge in [0.05, 0.1) is 5.54 Å². The van der Waals surface area contributed by atoms with E-state index in [1.807, 2.05) is 0 Å². The molecule has 0 aromatic heterocycles. The molecule has 0 saturated heterocycles. The Bertz CT molecular complexity index is 1350. The first-order chi connectivity index (χ1) is 18.9. The number of hydrogen-bond acceptors (Lipinski definition) is 3. The zero-order valence-corrected chi connectivity index (χ0v) is 21.3. The molecule has 0 unspecified atom stereocenters. The third kappa shape index (κ3) is 6.57. The predicted molar refractivity (Wildman–Crippen MR) is 134 cm³/mol. The van der Waals surface area contributed by atoms with Gasteiger partial charge in [-0.2, -0.15) is 17.6 Å². The molecule has 11 heteroatoms. The van der Waals surface area contributed by atoms with Gasteiger partial charge in [-0.15, -0.1) is 0 Å². The lowest BCUT2D eigenvalue weighted by Crippen LogP contribution is -2.56. The zero-order chi connectivity index (χ0) is 29.1. The lowest BCUT2D eigenvalue weighted by molar-refractivity contribution is -0.253. The molecule has 0 aliphatic heterocycles. The number of carbonyl (C=O) groups is 2. The van der Waals surface area contributed by atoms with Crippen LogP contribution in [0.15, 0.2) is 72.8 Å². The topological polar surface area (TPSA) is 67.4 Å². The molecule has 1 saturated carbocycles. The summed E-state index contributed by atoms with van der Waals surface area (Å²) >= 11 is 0. The van der Waals surface area contributed by atoms with Gasteiger partial charge in [0.1, 0.15) is 23.2 Å². The van der Waals surface area contributed by atoms with Gasteiger partial charge in [0.2, 0.25) is 0 Å². The Labute approximate surface area is 226 Å². The third-order valence-corrected chi connectivity index (χ3v) is 6.90. The van der Waals surface area contributed by atoms with Crippen molar-refractivity contribution in [1.29, 1.82) is 0 Å². The van der Waals surface area contributed by atoms with Crippen molar-refractivity contribution in [3.05, 3.63) is 101 Å². The Balaban J connectivity index is 1.81. The number of Topliss-reactive ketones (excluding diaryl/α,β-unsaturated/α-hetero) is 1. The monoisotopic (exact) mass is 564 g/mol. The van der Waals surface area contributed by atoms with Crippen LogP contribution in [0, 0.1) is 17.6 Å². The van der Waals surface area contributed by atoms with E-state index in [1.54, 1.807) is 30.3 Å². The number of rotatable bonds is 10. The molecule has 1 atom stereocenters. The number of urea groups is 1. The fraction of sp³-hybridized carbons (Fsp3) is 0.310. The molecule has 1 aliphatic carbocycles. The summed E-state index contributed by atoms with van der Waals surface area (Å²) in [5, 5.41) is 5.55. The van der Waals surface area contributed by atoms with Crippen LogP contribution >= 0.6 is 0 Å². The molecule has 2 N–H and O–H groups in total. The zero-order valence-electron chi connectivity index (χ0n) is 21.3. The molecular formula is C29H26F6N2O3. The van der Waals surface area contributed by atoms with Gasteiger partial charge >= 0.3 is 18.6 Å². The van der Waals surface area contributed by atoms with Gasteiger partial charge in [0.25, 0.3) is 0 Å². The quantitative estimate of drug-likeness (QED) is 0.282. The Morgan fingerprint density at radius 1 is 0.925 bits per heavy atom. The molecule has 0 radical (unpaired) electrons. The SMILES string of the molecule is CC(=O)C1CC(NC(=O)N[C@](Cc2ccccc2)(c2ccc(F)cc2)c2cc(F)cc(OC(F)(F)C(F)F)c2)C1. The van der Waals surface area contributed by atoms with E-state index in [0.717, 1.165) is 24.3 Å². The molecule has 40 heavy (non-hydrogen) atoms. The third-order valence-electron chi connectivity index (χ3n) is 6.90. The maximum absolute atomic E-state index is 14.9. The second kappa shape index (κ2) is 11.6. The Hall–Kier alpha value is -4.02. The van der Waals surface area contributed by atoms with Gasteiger partial charge < -0.3 is 15.4 Å². The normalized spacial score (nSPS) is 18.4. The molecule has 1 aliphatic rings. The van der Waals surface area contributed by atoms with E-state index >= 15 is 0 Å². The van der Waals surface area contributed by atoms with Crippen LogP contribution in [0.1, 0.15) is 36.5 Å². The molecular weight excluding hydrogens is 538 g/mol. The van der Waals surface area contributed by atoms with Crippen molar-refractivity contribution in [2.45, 2.75) is 50.3 Å². The van der Waals surface area contributed by atoms with E-state index < -0.39 is 41.5 Å². The van der Waals surface area contributed by atoms with Crippen molar-refractivity contribution in [3.8, 4) is 5.75 Å². The molecule has 1 fully saturated rings. The summed E-state index contributed by atoms with van der Waals surface area (Å²) in [4.78, 5) is 24.9. The summed E-state index contributed by atoms with van der Waals surface area (Å²) in [6, 6.07) is 14.8. The maximum Gasteiger partial charge on any atom is 0.461 e. The smallest absolute Gasteiger partial charge is 0.428 e. The summed E-state index contributed by atoms with van der Waals surface area (Å²) in [5.41, 5.74) is -0.950. The van der Waals surface area contributed by atoms with Crippen LogP contribution in [0.25, 0.3) is 0 Å². The number of benzene rings is 3. The van der Waals surface area contributed by atoms with Crippen LogP contribution in [0.5, 0.6) is 5.75 Å². The van der Waals surface area contributed by atoms with Crippen molar-refractivity contribution in [1.82, 2.24) is 10.6 Å². The first kappa shape index (κ1) is 29.0. The van der Waals surface area contributed by atoms with Crippen LogP contribution in [-0.2, 0) is 16.8 Å². The van der Waals surface area contributed by atoms with E-state index in [1.165, 1.54) is 19.1 Å². The lowest BCUT2D eigenvalue weighted by atomic mass is 9.77. The number of ketones is 1. The Morgan fingerprint density at radius 2 is 1.57 bits per heavy atom. The number of nitrogens with one attached hydrogen (secondary N) is 2. The van der Waals surface area contributed by atoms with E-state index in [-0.39, 0.29) is 35.3 Å². The van der Waals surface area contributed by atoms with Crippen molar-refractivity contribution in [3.63, 3.8) is 0 Å². The van der Waals surface area contributed by atoms with E-state index in [2.05, 4.69) is 15.4 Å². The first-order valence-corrected chi connectivity index (χ1v) is 12.4. The van der Waals surface area contributed by atoms with Gasteiger partial charge in [-0.1, -0.05) is 42.5 Å². The molecule has 3 aromatic carbocycles. The summed E-state index contributed by atoms with van der Waals surface area (Å²) < 4.78 is 86.1. The standard InChI is InChI=1S/C29H26F6N2O3/c1-17(38)19-11-24(12-19)36-27(39)37-28(16-18-5-3-2-4-6-18,20-7-9-22(30)10-8-20)21-13-23(31)15-25(14-21)40-29(34,35)26(32)33/h2-10,13-15,19,24,26H,11-12,16H2,1H3,(H2,36,37,39)/t19?,24?,28-/m1/s1. The number of alkyl halides is 4. The summed E-state index contributed by atoms with van der Waals surface area (Å²) in [7, 11) is 0. The average Bonchev–Trinajstić information content (AvgIpc) is 2.85. The average molecular weight is 565 g/mol. The summed E-state index contributed by atoms with van der Waals surface area (Å²) in [6.45, 7) is 1.46. The molecule has 0 heterocycles. The summed E-state index contributed by atoms with van der Waals surface area (Å²) in [5.74, 6) is -2.79. The van der Waals surface area contributed by atoms with E-state index in [0.29, 0.717) is 24.5 Å². The van der Waals surface area contributed by atoms with Crippen molar-refractivity contribution in [2.75, 3.05) is 0 Å². The highest BCUT2D eigenvalue weighted by atomic mass is 19.3. The predicted octanol–water partition coefficient (Wildman–Crippen LogP) is 6.35. The highest BCUT2D eigenvalue weighted by Gasteiger charge is 2.45. The molecule has 0 spiro atoms. The Morgan fingerprint density at radius 3 is 2.17 bits per heavy atom. The molecule has 0 bridgehead atoms. The first-order valence-electron chi connectivity index (χ1n) is 12.4. The van der Waals surface area contributed by atoms with Gasteiger partial charge in [-0.05, 0) is 60.7 Å². The number of amides is 2. The lowest BCUT2D eigenvalue weighted by Gasteiger charge is -2.39. The minimum atomic E-state index is -4.91. The van der Waals surface area contributed by atoms with Gasteiger partial charge in [0, 0.05) is 24.4 Å². The molecule has 212 valence electrons. The van der Waals surface area contributed by atoms with E-state index in [4.69, 9.17) is 0 Å². The van der Waals surface area contributed by atoms with Crippen LogP contribution in [0.2, 0.25) is 0 Å². The maximum atomic E-state index is 14.9. The molecule has 4 rings (SSSR count). The fourth-order valence-corrected chi connectivity index (χ4v) is 4.75. The van der Waals surface area contributed by atoms with Crippen molar-refractivity contribution < 1.29 is 40.7 Å².